The van der Waals surface area contributed by atoms with E-state index in [9.17, 15) is 14.4 Å². The number of ether oxygens (including phenoxy) is 3. The van der Waals surface area contributed by atoms with Gasteiger partial charge in [0.2, 0.25) is 0 Å². The highest BCUT2D eigenvalue weighted by Crippen LogP contribution is 2.35. The van der Waals surface area contributed by atoms with Crippen LogP contribution >= 0.6 is 0 Å². The summed E-state index contributed by atoms with van der Waals surface area (Å²) in [6.45, 7) is 11.0. The molecule has 38 heavy (non-hydrogen) atoms. The summed E-state index contributed by atoms with van der Waals surface area (Å²) < 4.78 is 16.9. The summed E-state index contributed by atoms with van der Waals surface area (Å²) in [5.41, 5.74) is 1.31. The average molecular weight is 532 g/mol. The number of hydrogen-bond donors (Lipinski definition) is 0. The standard InChI is InChI=1S/C29H45N3O6/c1-7-14-30(5)26(33)25(20-22-10-12-23(13-11-22)32-15-17-36-18-16-32)37-27(34)24(19-21-8-9-21)31(6)28(35)38-29(2,3)4/h10-13,21,24-25H,7-9,14-20H2,1-6H3/t24-,25+/m0/s1. The predicted molar refractivity (Wildman–Crippen MR) is 146 cm³/mol. The molecular formula is C29H45N3O6. The van der Waals surface area contributed by atoms with Gasteiger partial charge in [-0.1, -0.05) is 31.9 Å². The molecule has 2 aliphatic rings. The highest BCUT2D eigenvalue weighted by atomic mass is 16.6. The first-order valence-corrected chi connectivity index (χ1v) is 13.8. The number of likely N-dealkylation sites (N-methyl/N-ethyl adjacent to an activating group) is 2. The molecular weight excluding hydrogens is 486 g/mol. The summed E-state index contributed by atoms with van der Waals surface area (Å²) in [5.74, 6) is -0.455. The molecule has 1 aromatic rings. The summed E-state index contributed by atoms with van der Waals surface area (Å²) >= 11 is 0. The van der Waals surface area contributed by atoms with Gasteiger partial charge in [0.15, 0.2) is 6.10 Å². The fourth-order valence-corrected chi connectivity index (χ4v) is 4.51. The number of nitrogens with zero attached hydrogens (tertiary/aromatic N) is 3. The van der Waals surface area contributed by atoms with Crippen molar-refractivity contribution in [3.63, 3.8) is 0 Å². The molecule has 212 valence electrons. The molecule has 2 amide bonds. The molecule has 2 atom stereocenters. The van der Waals surface area contributed by atoms with Crippen LogP contribution in [0.1, 0.15) is 58.9 Å². The number of anilines is 1. The highest BCUT2D eigenvalue weighted by Gasteiger charge is 2.38. The van der Waals surface area contributed by atoms with Gasteiger partial charge in [-0.25, -0.2) is 9.59 Å². The van der Waals surface area contributed by atoms with E-state index in [0.29, 0.717) is 32.1 Å². The van der Waals surface area contributed by atoms with Crippen LogP contribution in [0.2, 0.25) is 0 Å². The van der Waals surface area contributed by atoms with Crippen LogP contribution in [0.5, 0.6) is 0 Å². The largest absolute Gasteiger partial charge is 0.450 e. The molecule has 0 aromatic heterocycles. The van der Waals surface area contributed by atoms with Crippen LogP contribution in [-0.4, -0.2) is 92.5 Å². The molecule has 0 bridgehead atoms. The van der Waals surface area contributed by atoms with Crippen molar-refractivity contribution in [3.05, 3.63) is 29.8 Å². The second kappa shape index (κ2) is 13.3. The number of amides is 2. The van der Waals surface area contributed by atoms with Crippen LogP contribution in [0.15, 0.2) is 24.3 Å². The van der Waals surface area contributed by atoms with Crippen LogP contribution in [0.4, 0.5) is 10.5 Å². The topological polar surface area (TPSA) is 88.6 Å². The molecule has 1 saturated carbocycles. The van der Waals surface area contributed by atoms with Crippen LogP contribution in [0, 0.1) is 5.92 Å². The molecule has 1 aromatic carbocycles. The summed E-state index contributed by atoms with van der Waals surface area (Å²) in [6, 6.07) is 7.21. The third kappa shape index (κ3) is 8.89. The molecule has 1 aliphatic carbocycles. The Balaban J connectivity index is 1.76. The molecule has 0 N–H and O–H groups in total. The lowest BCUT2D eigenvalue weighted by atomic mass is 10.0. The zero-order chi connectivity index (χ0) is 27.9. The van der Waals surface area contributed by atoms with E-state index in [2.05, 4.69) is 4.90 Å². The summed E-state index contributed by atoms with van der Waals surface area (Å²) in [5, 5.41) is 0. The minimum absolute atomic E-state index is 0.248. The third-order valence-electron chi connectivity index (χ3n) is 6.88. The molecule has 3 rings (SSSR count). The van der Waals surface area contributed by atoms with Gasteiger partial charge >= 0.3 is 12.1 Å². The van der Waals surface area contributed by atoms with Crippen molar-refractivity contribution in [2.75, 3.05) is 51.8 Å². The third-order valence-corrected chi connectivity index (χ3v) is 6.88. The first-order valence-electron chi connectivity index (χ1n) is 13.8. The van der Waals surface area contributed by atoms with Crippen LogP contribution in [0.3, 0.4) is 0 Å². The fraction of sp³-hybridized carbons (Fsp3) is 0.690. The van der Waals surface area contributed by atoms with Crippen molar-refractivity contribution < 1.29 is 28.6 Å². The Morgan fingerprint density at radius 1 is 1.08 bits per heavy atom. The lowest BCUT2D eigenvalue weighted by Crippen LogP contribution is -2.48. The SMILES string of the molecule is CCCN(C)C(=O)[C@@H](Cc1ccc(N2CCOCC2)cc1)OC(=O)[C@H](CC1CC1)N(C)C(=O)OC(C)(C)C. The number of benzene rings is 1. The Morgan fingerprint density at radius 2 is 1.71 bits per heavy atom. The minimum atomic E-state index is -0.984. The molecule has 9 nitrogen and oxygen atoms in total. The Morgan fingerprint density at radius 3 is 2.26 bits per heavy atom. The number of carbonyl (C=O) groups excluding carboxylic acids is 3. The van der Waals surface area contributed by atoms with Gasteiger partial charge in [0.05, 0.1) is 13.2 Å². The minimum Gasteiger partial charge on any atom is -0.450 e. The Labute approximate surface area is 227 Å². The van der Waals surface area contributed by atoms with Crippen LogP contribution < -0.4 is 4.90 Å². The molecule has 1 aliphatic heterocycles. The highest BCUT2D eigenvalue weighted by molar-refractivity contribution is 5.87. The Hall–Kier alpha value is -2.81. The Kier molecular flexibility index (Phi) is 10.4. The van der Waals surface area contributed by atoms with Crippen molar-refractivity contribution in [1.29, 1.82) is 0 Å². The second-order valence-corrected chi connectivity index (χ2v) is 11.4. The van der Waals surface area contributed by atoms with Gasteiger partial charge in [-0.3, -0.25) is 9.69 Å². The number of morpholine rings is 1. The molecule has 2 fully saturated rings. The van der Waals surface area contributed by atoms with E-state index in [1.54, 1.807) is 39.8 Å². The molecule has 0 unspecified atom stereocenters. The first-order chi connectivity index (χ1) is 18.0. The monoisotopic (exact) mass is 531 g/mol. The van der Waals surface area contributed by atoms with Gasteiger partial charge in [-0.05, 0) is 57.2 Å². The van der Waals surface area contributed by atoms with Gasteiger partial charge in [0, 0.05) is 45.8 Å². The van der Waals surface area contributed by atoms with E-state index in [0.717, 1.165) is 43.6 Å². The van der Waals surface area contributed by atoms with Crippen molar-refractivity contribution >= 4 is 23.7 Å². The zero-order valence-corrected chi connectivity index (χ0v) is 23.9. The molecule has 1 heterocycles. The number of esters is 1. The van der Waals surface area contributed by atoms with E-state index in [1.807, 2.05) is 31.2 Å². The quantitative estimate of drug-likeness (QED) is 0.401. The smallest absolute Gasteiger partial charge is 0.410 e. The maximum absolute atomic E-state index is 13.5. The predicted octanol–water partition coefficient (Wildman–Crippen LogP) is 3.88. The van der Waals surface area contributed by atoms with Gasteiger partial charge in [-0.2, -0.15) is 0 Å². The zero-order valence-electron chi connectivity index (χ0n) is 23.9. The van der Waals surface area contributed by atoms with E-state index in [-0.39, 0.29) is 12.3 Å². The molecule has 9 heteroatoms. The lowest BCUT2D eigenvalue weighted by Gasteiger charge is -2.31. The molecule has 1 saturated heterocycles. The van der Waals surface area contributed by atoms with Crippen molar-refractivity contribution in [3.8, 4) is 0 Å². The average Bonchev–Trinajstić information content (AvgIpc) is 3.70. The number of carbonyl (C=O) groups is 3. The summed E-state index contributed by atoms with van der Waals surface area (Å²) in [6.07, 6.45) is 2.02. The lowest BCUT2D eigenvalue weighted by molar-refractivity contribution is -0.164. The fourth-order valence-electron chi connectivity index (χ4n) is 4.51. The summed E-state index contributed by atoms with van der Waals surface area (Å²) in [4.78, 5) is 44.8. The number of rotatable bonds is 11. The van der Waals surface area contributed by atoms with E-state index in [1.165, 1.54) is 4.90 Å². The van der Waals surface area contributed by atoms with E-state index < -0.39 is 29.8 Å². The van der Waals surface area contributed by atoms with Crippen molar-refractivity contribution in [1.82, 2.24) is 9.80 Å². The van der Waals surface area contributed by atoms with Gasteiger partial charge in [0.1, 0.15) is 11.6 Å². The second-order valence-electron chi connectivity index (χ2n) is 11.4. The van der Waals surface area contributed by atoms with E-state index >= 15 is 0 Å². The number of hydrogen-bond acceptors (Lipinski definition) is 7. The molecule has 0 radical (unpaired) electrons. The van der Waals surface area contributed by atoms with Crippen molar-refractivity contribution in [2.45, 2.75) is 77.5 Å². The maximum Gasteiger partial charge on any atom is 0.410 e. The molecule has 0 spiro atoms. The van der Waals surface area contributed by atoms with Crippen LogP contribution in [-0.2, 0) is 30.2 Å². The van der Waals surface area contributed by atoms with E-state index in [4.69, 9.17) is 14.2 Å². The van der Waals surface area contributed by atoms with Crippen molar-refractivity contribution in [2.24, 2.45) is 5.92 Å². The first kappa shape index (κ1) is 29.7. The van der Waals surface area contributed by atoms with Gasteiger partial charge < -0.3 is 24.0 Å². The Bertz CT molecular complexity index is 935. The maximum atomic E-state index is 13.5. The normalized spacial score (nSPS) is 17.4. The summed E-state index contributed by atoms with van der Waals surface area (Å²) in [7, 11) is 3.29. The van der Waals surface area contributed by atoms with Gasteiger partial charge in [0.25, 0.3) is 5.91 Å². The van der Waals surface area contributed by atoms with Crippen LogP contribution in [0.25, 0.3) is 0 Å². The van der Waals surface area contributed by atoms with Gasteiger partial charge in [-0.15, -0.1) is 0 Å².